The van der Waals surface area contributed by atoms with Crippen LogP contribution in [-0.4, -0.2) is 5.29 Å². The van der Waals surface area contributed by atoms with E-state index < -0.39 is 5.83 Å². The lowest BCUT2D eigenvalue weighted by molar-refractivity contribution is 0.659. The first-order valence-corrected chi connectivity index (χ1v) is 3.50. The maximum atomic E-state index is 12.6. The Kier molecular flexibility index (Phi) is 4.90. The Labute approximate surface area is 74.2 Å². The third kappa shape index (κ3) is 4.81. The summed E-state index contributed by atoms with van der Waals surface area (Å²) in [7, 11) is 0. The Bertz CT molecular complexity index is 217. The molecule has 0 unspecified atom stereocenters. The van der Waals surface area contributed by atoms with Crippen LogP contribution in [-0.2, 0) is 0 Å². The summed E-state index contributed by atoms with van der Waals surface area (Å²) >= 11 is 10.5. The number of rotatable bonds is 2. The van der Waals surface area contributed by atoms with Crippen LogP contribution >= 0.6 is 23.2 Å². The standard InChI is InChI=1S/C6H7Cl2FN2/c1-2-4(7)5(9)3-11-6(8)10/h2-3H,1H3,(H2,10,11)/b4-2+,5-3+. The molecule has 0 spiro atoms. The van der Waals surface area contributed by atoms with Gasteiger partial charge in [0.1, 0.15) is 0 Å². The molecule has 0 rings (SSSR count). The maximum absolute atomic E-state index is 12.6. The van der Waals surface area contributed by atoms with Crippen LogP contribution in [0.1, 0.15) is 6.92 Å². The number of nitrogens with two attached hydrogens (primary N) is 1. The zero-order chi connectivity index (χ0) is 8.85. The van der Waals surface area contributed by atoms with Gasteiger partial charge in [-0.15, -0.1) is 0 Å². The minimum absolute atomic E-state index is 0.0216. The molecule has 2 nitrogen and oxygen atoms in total. The number of hydrogen-bond donors (Lipinski definition) is 1. The molecule has 0 fully saturated rings. The van der Waals surface area contributed by atoms with Crippen LogP contribution in [0.2, 0.25) is 0 Å². The molecule has 2 N–H and O–H groups in total. The predicted octanol–water partition coefficient (Wildman–Crippen LogP) is 2.49. The number of nitrogens with zero attached hydrogens (tertiary/aromatic N) is 1. The van der Waals surface area contributed by atoms with Crippen molar-refractivity contribution in [1.82, 2.24) is 0 Å². The Balaban J connectivity index is 4.36. The third-order valence-electron chi connectivity index (χ3n) is 0.783. The summed E-state index contributed by atoms with van der Waals surface area (Å²) in [6.45, 7) is 1.60. The van der Waals surface area contributed by atoms with Gasteiger partial charge in [-0.2, -0.15) is 0 Å². The number of allylic oxidation sites excluding steroid dienone is 3. The summed E-state index contributed by atoms with van der Waals surface area (Å²) in [6, 6.07) is 0. The Morgan fingerprint density at radius 3 is 2.45 bits per heavy atom. The van der Waals surface area contributed by atoms with Gasteiger partial charge in [-0.1, -0.05) is 17.7 Å². The third-order valence-corrected chi connectivity index (χ3v) is 1.28. The molecule has 62 valence electrons. The van der Waals surface area contributed by atoms with E-state index in [0.717, 1.165) is 6.20 Å². The van der Waals surface area contributed by atoms with Gasteiger partial charge in [-0.05, 0) is 18.5 Å². The van der Waals surface area contributed by atoms with Crippen LogP contribution in [0.25, 0.3) is 0 Å². The molecule has 0 aliphatic heterocycles. The highest BCUT2D eigenvalue weighted by Gasteiger charge is 1.96. The fourth-order valence-corrected chi connectivity index (χ4v) is 0.415. The van der Waals surface area contributed by atoms with Gasteiger partial charge >= 0.3 is 0 Å². The van der Waals surface area contributed by atoms with Gasteiger partial charge in [-0.25, -0.2) is 9.38 Å². The molecule has 0 bridgehead atoms. The number of amidine groups is 1. The molecular weight excluding hydrogens is 190 g/mol. The van der Waals surface area contributed by atoms with Crippen molar-refractivity contribution in [2.45, 2.75) is 6.92 Å². The molecule has 0 aromatic carbocycles. The average Bonchev–Trinajstić information content (AvgIpc) is 1.98. The minimum atomic E-state index is -0.669. The minimum Gasteiger partial charge on any atom is -0.374 e. The Morgan fingerprint density at radius 1 is 1.55 bits per heavy atom. The van der Waals surface area contributed by atoms with Crippen molar-refractivity contribution >= 4 is 28.5 Å². The van der Waals surface area contributed by atoms with Gasteiger partial charge in [0, 0.05) is 0 Å². The fraction of sp³-hybridized carbons (Fsp3) is 0.167. The summed E-state index contributed by atoms with van der Waals surface area (Å²) in [5, 5.41) is -0.257. The second-order valence-corrected chi connectivity index (χ2v) is 2.36. The summed E-state index contributed by atoms with van der Waals surface area (Å²) in [5.41, 5.74) is 4.92. The Hall–Kier alpha value is -0.540. The lowest BCUT2D eigenvalue weighted by Gasteiger charge is -1.89. The molecule has 0 heterocycles. The topological polar surface area (TPSA) is 38.4 Å². The molecule has 5 heteroatoms. The number of hydrogen-bond acceptors (Lipinski definition) is 1. The molecule has 0 aromatic heterocycles. The van der Waals surface area contributed by atoms with E-state index in [-0.39, 0.29) is 10.3 Å². The average molecular weight is 197 g/mol. The zero-order valence-corrected chi connectivity index (χ0v) is 7.33. The summed E-state index contributed by atoms with van der Waals surface area (Å²) in [4.78, 5) is 3.29. The van der Waals surface area contributed by atoms with E-state index in [4.69, 9.17) is 28.9 Å². The largest absolute Gasteiger partial charge is 0.374 e. The molecule has 0 amide bonds. The smallest absolute Gasteiger partial charge is 0.193 e. The van der Waals surface area contributed by atoms with Crippen LogP contribution in [0.15, 0.2) is 28.1 Å². The summed E-state index contributed by atoms with van der Waals surface area (Å²) in [5.74, 6) is -0.669. The van der Waals surface area contributed by atoms with Gasteiger partial charge in [0.15, 0.2) is 11.1 Å². The zero-order valence-electron chi connectivity index (χ0n) is 5.81. The van der Waals surface area contributed by atoms with Gasteiger partial charge in [-0.3, -0.25) is 0 Å². The van der Waals surface area contributed by atoms with Gasteiger partial charge in [0.05, 0.1) is 11.2 Å². The molecule has 0 aromatic rings. The number of halogens is 3. The molecule has 0 radical (unpaired) electrons. The van der Waals surface area contributed by atoms with E-state index >= 15 is 0 Å². The van der Waals surface area contributed by atoms with Crippen molar-refractivity contribution in [3.63, 3.8) is 0 Å². The number of aliphatic imine (C=N–C) groups is 1. The second-order valence-electron chi connectivity index (χ2n) is 1.57. The van der Waals surface area contributed by atoms with Gasteiger partial charge in [0.2, 0.25) is 0 Å². The molecular formula is C6H7Cl2FN2. The van der Waals surface area contributed by atoms with E-state index in [1.165, 1.54) is 6.08 Å². The van der Waals surface area contributed by atoms with Crippen LogP contribution < -0.4 is 5.73 Å². The second kappa shape index (κ2) is 5.16. The van der Waals surface area contributed by atoms with E-state index in [1.54, 1.807) is 6.92 Å². The van der Waals surface area contributed by atoms with Crippen molar-refractivity contribution in [3.05, 3.63) is 23.1 Å². The quantitative estimate of drug-likeness (QED) is 0.314. The van der Waals surface area contributed by atoms with E-state index in [0.29, 0.717) is 0 Å². The normalized spacial score (nSPS) is 15.5. The lowest BCUT2D eigenvalue weighted by Crippen LogP contribution is -1.99. The Morgan fingerprint density at radius 2 is 2.09 bits per heavy atom. The van der Waals surface area contributed by atoms with E-state index in [1.807, 2.05) is 0 Å². The maximum Gasteiger partial charge on any atom is 0.193 e. The first-order valence-electron chi connectivity index (χ1n) is 2.74. The first-order chi connectivity index (χ1) is 5.07. The van der Waals surface area contributed by atoms with E-state index in [2.05, 4.69) is 4.99 Å². The van der Waals surface area contributed by atoms with Crippen molar-refractivity contribution in [1.29, 1.82) is 0 Å². The van der Waals surface area contributed by atoms with Crippen molar-refractivity contribution in [3.8, 4) is 0 Å². The molecule has 0 saturated carbocycles. The van der Waals surface area contributed by atoms with Gasteiger partial charge < -0.3 is 5.73 Å². The van der Waals surface area contributed by atoms with Crippen LogP contribution in [0, 0.1) is 0 Å². The highest BCUT2D eigenvalue weighted by Crippen LogP contribution is 2.15. The summed E-state index contributed by atoms with van der Waals surface area (Å²) in [6.07, 6.45) is 2.25. The molecule has 0 aliphatic carbocycles. The highest BCUT2D eigenvalue weighted by molar-refractivity contribution is 6.64. The summed E-state index contributed by atoms with van der Waals surface area (Å²) < 4.78 is 12.6. The van der Waals surface area contributed by atoms with Crippen molar-refractivity contribution < 1.29 is 4.39 Å². The molecule has 0 aliphatic rings. The van der Waals surface area contributed by atoms with Crippen LogP contribution in [0.4, 0.5) is 4.39 Å². The van der Waals surface area contributed by atoms with Crippen LogP contribution in [0.3, 0.4) is 0 Å². The monoisotopic (exact) mass is 196 g/mol. The predicted molar refractivity (Wildman–Crippen MR) is 46.3 cm³/mol. The molecule has 0 atom stereocenters. The van der Waals surface area contributed by atoms with Gasteiger partial charge in [0.25, 0.3) is 0 Å². The molecule has 0 saturated heterocycles. The van der Waals surface area contributed by atoms with Crippen LogP contribution in [0.5, 0.6) is 0 Å². The van der Waals surface area contributed by atoms with E-state index in [9.17, 15) is 4.39 Å². The highest BCUT2D eigenvalue weighted by atomic mass is 35.5. The lowest BCUT2D eigenvalue weighted by atomic mass is 10.5. The fourth-order valence-electron chi connectivity index (χ4n) is 0.318. The first kappa shape index (κ1) is 10.5. The SMILES string of the molecule is C\C=C(Cl)/C(F)=C\N=C(/N)Cl. The molecule has 11 heavy (non-hydrogen) atoms. The van der Waals surface area contributed by atoms with Crippen molar-refractivity contribution in [2.75, 3.05) is 0 Å². The van der Waals surface area contributed by atoms with Crippen molar-refractivity contribution in [2.24, 2.45) is 10.7 Å².